The van der Waals surface area contributed by atoms with Crippen molar-refractivity contribution in [1.29, 1.82) is 0 Å². The first-order chi connectivity index (χ1) is 9.59. The summed E-state index contributed by atoms with van der Waals surface area (Å²) >= 11 is 0. The Hall–Kier alpha value is 0.305. The van der Waals surface area contributed by atoms with Crippen molar-refractivity contribution in [3.8, 4) is 0 Å². The minimum absolute atomic E-state index is 0. The summed E-state index contributed by atoms with van der Waals surface area (Å²) in [6, 6.07) is 0. The minimum atomic E-state index is -2.15. The van der Waals surface area contributed by atoms with Crippen LogP contribution in [0.3, 0.4) is 0 Å². The summed E-state index contributed by atoms with van der Waals surface area (Å²) in [5.74, 6) is 0. The summed E-state index contributed by atoms with van der Waals surface area (Å²) in [6.07, 6.45) is 13.6. The summed E-state index contributed by atoms with van der Waals surface area (Å²) in [6.45, 7) is 6.59. The second-order valence-corrected chi connectivity index (χ2v) is 9.12. The van der Waals surface area contributed by atoms with Crippen LogP contribution < -0.4 is 0 Å². The molecule has 0 aliphatic heterocycles. The number of rotatable bonds is 10. The maximum Gasteiger partial charge on any atom is 4.00 e. The fourth-order valence-corrected chi connectivity index (χ4v) is 4.78. The monoisotopic (exact) mass is 535 g/mol. The van der Waals surface area contributed by atoms with Crippen LogP contribution in [-0.4, -0.2) is 22.8 Å². The number of hydrogen-bond donors (Lipinski definition) is 0. The molecule has 0 N–H and O–H groups in total. The van der Waals surface area contributed by atoms with Gasteiger partial charge in [-0.25, -0.2) is 5.57 Å². The zero-order chi connectivity index (χ0) is 15.0. The molecule has 1 rings (SSSR count). The van der Waals surface area contributed by atoms with E-state index < -0.39 is 8.56 Å². The van der Waals surface area contributed by atoms with E-state index in [1.54, 1.807) is 14.2 Å². The molecular formula is C20H40O2PtSi. The first-order valence-electron chi connectivity index (χ1n) is 7.99. The normalized spacial score (nSPS) is 13.3. The number of allylic oxidation sites excluding steroid dienone is 4. The maximum absolute atomic E-state index is 5.71. The van der Waals surface area contributed by atoms with Crippen LogP contribution in [0.1, 0.15) is 65.2 Å². The van der Waals surface area contributed by atoms with Crippen LogP contribution >= 0.6 is 0 Å². The fourth-order valence-electron chi connectivity index (χ4n) is 2.85. The molecule has 0 radical (unpaired) electrons. The molecule has 4 heteroatoms. The van der Waals surface area contributed by atoms with Gasteiger partial charge in [-0.1, -0.05) is 58.8 Å². The molecule has 0 saturated carbocycles. The third-order valence-corrected chi connectivity index (χ3v) is 7.59. The molecule has 0 bridgehead atoms. The third-order valence-electron chi connectivity index (χ3n) is 4.45. The van der Waals surface area contributed by atoms with E-state index in [0.29, 0.717) is 0 Å². The first kappa shape index (κ1) is 32.0. The Balaban J connectivity index is -0.000000500. The van der Waals surface area contributed by atoms with E-state index in [4.69, 9.17) is 8.85 Å². The van der Waals surface area contributed by atoms with Crippen LogP contribution in [0, 0.1) is 28.4 Å². The van der Waals surface area contributed by atoms with Gasteiger partial charge in [-0.3, -0.25) is 6.08 Å². The largest absolute Gasteiger partial charge is 4.00 e. The predicted octanol–water partition coefficient (Wildman–Crippen LogP) is 6.44. The molecule has 24 heavy (non-hydrogen) atoms. The number of hydrogen-bond acceptors (Lipinski definition) is 2. The zero-order valence-electron chi connectivity index (χ0n) is 17.3. The van der Waals surface area contributed by atoms with Gasteiger partial charge in [0.2, 0.25) is 0 Å². The van der Waals surface area contributed by atoms with E-state index in [1.807, 2.05) is 0 Å². The Morgan fingerprint density at radius 1 is 0.958 bits per heavy atom. The average molecular weight is 536 g/mol. The SMILES string of the molecule is CCCCCCCCC1=C([Si](C)(OC)OC)C[C-]=C1C.[CH3-].[CH3-].[CH3-].[Pt+4]. The third kappa shape index (κ3) is 9.13. The van der Waals surface area contributed by atoms with E-state index in [0.717, 1.165) is 12.8 Å². The van der Waals surface area contributed by atoms with Gasteiger partial charge in [0.1, 0.15) is 0 Å². The molecule has 0 aromatic heterocycles. The Morgan fingerprint density at radius 3 is 1.96 bits per heavy atom. The van der Waals surface area contributed by atoms with Gasteiger partial charge in [0.15, 0.2) is 0 Å². The van der Waals surface area contributed by atoms with Crippen LogP contribution in [0.15, 0.2) is 16.3 Å². The van der Waals surface area contributed by atoms with Crippen LogP contribution in [0.25, 0.3) is 0 Å². The van der Waals surface area contributed by atoms with E-state index in [2.05, 4.69) is 26.5 Å². The van der Waals surface area contributed by atoms with E-state index in [-0.39, 0.29) is 43.3 Å². The Bertz CT molecular complexity index is 361. The summed E-state index contributed by atoms with van der Waals surface area (Å²) in [5.41, 5.74) is 2.79. The predicted molar refractivity (Wildman–Crippen MR) is 107 cm³/mol. The Morgan fingerprint density at radius 2 is 1.46 bits per heavy atom. The first-order valence-corrected chi connectivity index (χ1v) is 10.3. The van der Waals surface area contributed by atoms with Crippen molar-refractivity contribution in [2.75, 3.05) is 14.2 Å². The molecule has 0 aromatic carbocycles. The van der Waals surface area contributed by atoms with Crippen molar-refractivity contribution in [2.45, 2.75) is 71.8 Å². The van der Waals surface area contributed by atoms with Gasteiger partial charge in [0, 0.05) is 14.2 Å². The van der Waals surface area contributed by atoms with Gasteiger partial charge in [-0.05, 0) is 6.55 Å². The Kier molecular flexibility index (Phi) is 22.4. The standard InChI is InChI=1S/C17H31O2Si.3CH3.Pt/c1-6-7-8-9-10-11-12-16-15(2)13-14-17(16)20(5,18-3)19-4;;;;/h6-12,14H2,1-5H3;3*1H3;/q4*-1;+4. The van der Waals surface area contributed by atoms with E-state index >= 15 is 0 Å². The molecule has 2 nitrogen and oxygen atoms in total. The van der Waals surface area contributed by atoms with Crippen molar-refractivity contribution in [2.24, 2.45) is 0 Å². The second kappa shape index (κ2) is 16.8. The van der Waals surface area contributed by atoms with E-state index in [9.17, 15) is 0 Å². The molecule has 0 unspecified atom stereocenters. The maximum atomic E-state index is 5.71. The molecule has 0 spiro atoms. The van der Waals surface area contributed by atoms with Gasteiger partial charge < -0.3 is 31.1 Å². The van der Waals surface area contributed by atoms with Crippen LogP contribution in [-0.2, 0) is 29.9 Å². The molecule has 1 aliphatic carbocycles. The minimum Gasteiger partial charge on any atom is -0.396 e. The summed E-state index contributed by atoms with van der Waals surface area (Å²) in [5, 5.41) is 1.40. The number of unbranched alkanes of at least 4 members (excludes halogenated alkanes) is 5. The molecule has 0 heterocycles. The van der Waals surface area contributed by atoms with Gasteiger partial charge >= 0.3 is 29.6 Å². The van der Waals surface area contributed by atoms with Crippen LogP contribution in [0.5, 0.6) is 0 Å². The van der Waals surface area contributed by atoms with Gasteiger partial charge in [0.25, 0.3) is 0 Å². The van der Waals surface area contributed by atoms with Crippen LogP contribution in [0.2, 0.25) is 6.55 Å². The fraction of sp³-hybridized carbons (Fsp3) is 0.650. The molecule has 1 aliphatic rings. The summed E-state index contributed by atoms with van der Waals surface area (Å²) < 4.78 is 11.4. The quantitative estimate of drug-likeness (QED) is 0.182. The second-order valence-electron chi connectivity index (χ2n) is 5.81. The molecule has 0 saturated heterocycles. The topological polar surface area (TPSA) is 18.5 Å². The van der Waals surface area contributed by atoms with Crippen molar-refractivity contribution in [3.05, 3.63) is 44.7 Å². The van der Waals surface area contributed by atoms with E-state index in [1.165, 1.54) is 54.9 Å². The van der Waals surface area contributed by atoms with Crippen molar-refractivity contribution in [3.63, 3.8) is 0 Å². The average Bonchev–Trinajstić information content (AvgIpc) is 2.83. The zero-order valence-corrected chi connectivity index (χ0v) is 20.6. The van der Waals surface area contributed by atoms with Crippen molar-refractivity contribution >= 4 is 8.56 Å². The van der Waals surface area contributed by atoms with Crippen molar-refractivity contribution < 1.29 is 29.9 Å². The van der Waals surface area contributed by atoms with Crippen LogP contribution in [0.4, 0.5) is 0 Å². The molecule has 0 atom stereocenters. The van der Waals surface area contributed by atoms with Crippen molar-refractivity contribution in [1.82, 2.24) is 0 Å². The molecule has 0 aromatic rings. The van der Waals surface area contributed by atoms with Gasteiger partial charge in [0.05, 0.1) is 0 Å². The Labute approximate surface area is 169 Å². The molecule has 0 fully saturated rings. The summed E-state index contributed by atoms with van der Waals surface area (Å²) in [4.78, 5) is 0. The molecule has 0 amide bonds. The smallest absolute Gasteiger partial charge is 0.396 e. The summed E-state index contributed by atoms with van der Waals surface area (Å²) in [7, 11) is 1.40. The molecular weight excluding hydrogens is 495 g/mol. The van der Waals surface area contributed by atoms with Gasteiger partial charge in [-0.2, -0.15) is 5.57 Å². The molecule has 146 valence electrons. The van der Waals surface area contributed by atoms with Gasteiger partial charge in [-0.15, -0.1) is 11.6 Å².